The van der Waals surface area contributed by atoms with Crippen LogP contribution < -0.4 is 10.6 Å². The van der Waals surface area contributed by atoms with Gasteiger partial charge in [0.1, 0.15) is 12.1 Å². The molecule has 0 fully saturated rings. The standard InChI is InChI=1S/C41H64N2O7/c1-3-5-7-9-11-13-15-16-18-20-22-24-29-33-40(47)50-36(30-26-23-21-19-17-14-12-10-8-6-4-2)31-27-25-28-32-38(45)42-34-39(46)43-37(35-44)41(48)49/h5-8,11-14,16,18-19,21,26,30,36-37,44H,3-4,9-10,15,17,20,22-25,27-29,31-35H2,1-2H3,(H,42,45)(H,43,46)(H,48,49)/b7-5-,8-6-,13-11-,14-12-,18-16-,21-19-,30-26-. The minimum Gasteiger partial charge on any atom is -0.480 e. The minimum absolute atomic E-state index is 0.195. The molecule has 9 nitrogen and oxygen atoms in total. The smallest absolute Gasteiger partial charge is 0.328 e. The van der Waals surface area contributed by atoms with E-state index in [2.05, 4.69) is 97.4 Å². The van der Waals surface area contributed by atoms with E-state index in [-0.39, 0.29) is 30.9 Å². The maximum Gasteiger partial charge on any atom is 0.328 e. The fourth-order valence-corrected chi connectivity index (χ4v) is 4.58. The molecule has 0 rings (SSSR count). The Kier molecular flexibility index (Phi) is 32.1. The van der Waals surface area contributed by atoms with Gasteiger partial charge in [-0.25, -0.2) is 4.79 Å². The van der Waals surface area contributed by atoms with Gasteiger partial charge in [0.2, 0.25) is 11.8 Å². The number of aliphatic hydroxyl groups is 1. The molecule has 0 spiro atoms. The number of hydrogen-bond donors (Lipinski definition) is 4. The molecule has 2 amide bonds. The number of nitrogens with one attached hydrogen (secondary N) is 2. The van der Waals surface area contributed by atoms with Crippen molar-refractivity contribution in [1.82, 2.24) is 10.6 Å². The molecule has 2 unspecified atom stereocenters. The van der Waals surface area contributed by atoms with Crippen LogP contribution in [0.2, 0.25) is 0 Å². The number of hydrogen-bond acceptors (Lipinski definition) is 6. The van der Waals surface area contributed by atoms with Gasteiger partial charge in [0.25, 0.3) is 0 Å². The van der Waals surface area contributed by atoms with E-state index < -0.39 is 24.5 Å². The third-order valence-corrected chi connectivity index (χ3v) is 7.37. The number of carboxylic acids is 1. The number of allylic oxidation sites excluding steroid dienone is 13. The van der Waals surface area contributed by atoms with Crippen molar-refractivity contribution >= 4 is 23.8 Å². The van der Waals surface area contributed by atoms with E-state index >= 15 is 0 Å². The summed E-state index contributed by atoms with van der Waals surface area (Å²) in [5.41, 5.74) is 0. The summed E-state index contributed by atoms with van der Waals surface area (Å²) in [5.74, 6) is -2.55. The SMILES string of the molecule is CC/C=C\C/C=C\C/C=C\C/C=C\C(CCCCCC(=O)NCC(=O)NC(CO)C(=O)O)OC(=O)CCCCC/C=C\C/C=C\C/C=C\CC. The van der Waals surface area contributed by atoms with E-state index in [0.717, 1.165) is 83.5 Å². The summed E-state index contributed by atoms with van der Waals surface area (Å²) >= 11 is 0. The molecular formula is C41H64N2O7. The lowest BCUT2D eigenvalue weighted by Gasteiger charge is -2.15. The van der Waals surface area contributed by atoms with E-state index in [1.54, 1.807) is 0 Å². The van der Waals surface area contributed by atoms with E-state index in [1.165, 1.54) is 0 Å². The molecule has 0 bridgehead atoms. The van der Waals surface area contributed by atoms with E-state index in [9.17, 15) is 19.2 Å². The third-order valence-electron chi connectivity index (χ3n) is 7.37. The molecule has 0 aliphatic rings. The van der Waals surface area contributed by atoms with Gasteiger partial charge >= 0.3 is 11.9 Å². The predicted molar refractivity (Wildman–Crippen MR) is 203 cm³/mol. The van der Waals surface area contributed by atoms with Crippen LogP contribution in [0.3, 0.4) is 0 Å². The van der Waals surface area contributed by atoms with Crippen molar-refractivity contribution in [2.75, 3.05) is 13.2 Å². The molecule has 0 heterocycles. The summed E-state index contributed by atoms with van der Waals surface area (Å²) < 4.78 is 5.82. The number of unbranched alkanes of at least 4 members (excludes halogenated alkanes) is 5. The number of aliphatic hydroxyl groups excluding tert-OH is 1. The van der Waals surface area contributed by atoms with Crippen LogP contribution in [0.4, 0.5) is 0 Å². The highest BCUT2D eigenvalue weighted by Crippen LogP contribution is 2.13. The summed E-state index contributed by atoms with van der Waals surface area (Å²) in [6.07, 6.45) is 43.4. The Balaban J connectivity index is 4.60. The molecule has 0 aliphatic carbocycles. The molecule has 0 saturated heterocycles. The molecule has 50 heavy (non-hydrogen) atoms. The zero-order chi connectivity index (χ0) is 36.9. The highest BCUT2D eigenvalue weighted by Gasteiger charge is 2.18. The van der Waals surface area contributed by atoms with Crippen molar-refractivity contribution in [1.29, 1.82) is 0 Å². The van der Waals surface area contributed by atoms with Crippen LogP contribution in [-0.4, -0.2) is 59.3 Å². The normalized spacial score (nSPS) is 13.5. The second-order valence-electron chi connectivity index (χ2n) is 11.9. The van der Waals surface area contributed by atoms with Gasteiger partial charge in [-0.3, -0.25) is 14.4 Å². The van der Waals surface area contributed by atoms with Crippen molar-refractivity contribution in [2.24, 2.45) is 0 Å². The molecule has 2 atom stereocenters. The number of amides is 2. The van der Waals surface area contributed by atoms with Gasteiger partial charge in [-0.1, -0.05) is 106 Å². The second kappa shape index (κ2) is 34.9. The largest absolute Gasteiger partial charge is 0.480 e. The molecule has 0 aliphatic heterocycles. The Hall–Kier alpha value is -3.98. The van der Waals surface area contributed by atoms with Gasteiger partial charge in [0.05, 0.1) is 13.2 Å². The zero-order valence-electron chi connectivity index (χ0n) is 30.6. The first-order chi connectivity index (χ1) is 24.3. The molecular weight excluding hydrogens is 632 g/mol. The van der Waals surface area contributed by atoms with Gasteiger partial charge in [-0.05, 0) is 89.5 Å². The van der Waals surface area contributed by atoms with E-state index in [1.807, 2.05) is 12.2 Å². The summed E-state index contributed by atoms with van der Waals surface area (Å²) in [5, 5.41) is 22.5. The van der Waals surface area contributed by atoms with Crippen molar-refractivity contribution in [3.63, 3.8) is 0 Å². The molecule has 4 N–H and O–H groups in total. The average molecular weight is 697 g/mol. The van der Waals surface area contributed by atoms with Crippen LogP contribution in [-0.2, 0) is 23.9 Å². The van der Waals surface area contributed by atoms with Crippen LogP contribution in [0.25, 0.3) is 0 Å². The highest BCUT2D eigenvalue weighted by atomic mass is 16.5. The lowest BCUT2D eigenvalue weighted by Crippen LogP contribution is -2.47. The maximum absolute atomic E-state index is 12.6. The second-order valence-corrected chi connectivity index (χ2v) is 11.9. The average Bonchev–Trinajstić information content (AvgIpc) is 3.10. The zero-order valence-corrected chi connectivity index (χ0v) is 30.6. The van der Waals surface area contributed by atoms with Crippen LogP contribution in [0.5, 0.6) is 0 Å². The van der Waals surface area contributed by atoms with Crippen LogP contribution in [0.15, 0.2) is 85.1 Å². The number of esters is 1. The van der Waals surface area contributed by atoms with Crippen molar-refractivity contribution in [3.8, 4) is 0 Å². The molecule has 0 aromatic heterocycles. The fourth-order valence-electron chi connectivity index (χ4n) is 4.58. The Labute approximate surface area is 301 Å². The van der Waals surface area contributed by atoms with Gasteiger partial charge < -0.3 is 25.6 Å². The number of ether oxygens (including phenoxy) is 1. The first-order valence-electron chi connectivity index (χ1n) is 18.5. The molecule has 9 heteroatoms. The molecule has 0 aromatic carbocycles. The summed E-state index contributed by atoms with van der Waals surface area (Å²) in [7, 11) is 0. The molecule has 0 radical (unpaired) electrons. The third kappa shape index (κ3) is 31.3. The van der Waals surface area contributed by atoms with Crippen LogP contribution >= 0.6 is 0 Å². The lowest BCUT2D eigenvalue weighted by molar-refractivity contribution is -0.147. The van der Waals surface area contributed by atoms with Crippen molar-refractivity contribution in [3.05, 3.63) is 85.1 Å². The van der Waals surface area contributed by atoms with Gasteiger partial charge in [0.15, 0.2) is 0 Å². The van der Waals surface area contributed by atoms with Crippen molar-refractivity contribution < 1.29 is 34.1 Å². The van der Waals surface area contributed by atoms with Gasteiger partial charge in [-0.2, -0.15) is 0 Å². The quantitative estimate of drug-likeness (QED) is 0.0326. The summed E-state index contributed by atoms with van der Waals surface area (Å²) in [6, 6.07) is -1.41. The lowest BCUT2D eigenvalue weighted by atomic mass is 10.1. The van der Waals surface area contributed by atoms with Crippen molar-refractivity contribution in [2.45, 2.75) is 135 Å². The molecule has 0 aromatic rings. The number of carbonyl (C=O) groups is 4. The topological polar surface area (TPSA) is 142 Å². The van der Waals surface area contributed by atoms with Crippen LogP contribution in [0.1, 0.15) is 123 Å². The Morgan fingerprint density at radius 3 is 1.70 bits per heavy atom. The van der Waals surface area contributed by atoms with E-state index in [0.29, 0.717) is 19.3 Å². The Bertz CT molecular complexity index is 1120. The molecule has 280 valence electrons. The summed E-state index contributed by atoms with van der Waals surface area (Å²) in [4.78, 5) is 47.5. The van der Waals surface area contributed by atoms with E-state index in [4.69, 9.17) is 14.9 Å². The summed E-state index contributed by atoms with van der Waals surface area (Å²) in [6.45, 7) is 3.15. The minimum atomic E-state index is -1.41. The molecule has 0 saturated carbocycles. The number of carbonyl (C=O) groups excluding carboxylic acids is 3. The maximum atomic E-state index is 12.6. The van der Waals surface area contributed by atoms with Crippen LogP contribution in [0, 0.1) is 0 Å². The highest BCUT2D eigenvalue weighted by molar-refractivity contribution is 5.87. The first kappa shape index (κ1) is 46.0. The Morgan fingerprint density at radius 1 is 0.620 bits per heavy atom. The fraction of sp³-hybridized carbons (Fsp3) is 0.561. The Morgan fingerprint density at radius 2 is 1.14 bits per heavy atom. The number of aliphatic carboxylic acids is 1. The van der Waals surface area contributed by atoms with Gasteiger partial charge in [-0.15, -0.1) is 0 Å². The van der Waals surface area contributed by atoms with Gasteiger partial charge in [0, 0.05) is 12.8 Å². The number of carboxylic acid groups (broad SMARTS) is 1. The predicted octanol–water partition coefficient (Wildman–Crippen LogP) is 8.14. The number of rotatable bonds is 31. The first-order valence-corrected chi connectivity index (χ1v) is 18.5. The monoisotopic (exact) mass is 696 g/mol.